The van der Waals surface area contributed by atoms with Crippen molar-refractivity contribution in [3.05, 3.63) is 35.9 Å². The van der Waals surface area contributed by atoms with E-state index < -0.39 is 0 Å². The Labute approximate surface area is 109 Å². The van der Waals surface area contributed by atoms with Crippen LogP contribution in [0.1, 0.15) is 25.3 Å². The first kappa shape index (κ1) is 15.9. The Balaban J connectivity index is 0.00000256. The van der Waals surface area contributed by atoms with E-state index in [1.54, 1.807) is 0 Å². The lowest BCUT2D eigenvalue weighted by atomic mass is 10.0. The van der Waals surface area contributed by atoms with Gasteiger partial charge in [-0.05, 0) is 18.4 Å². The normalized spacial score (nSPS) is 11.4. The zero-order valence-electron chi connectivity index (χ0n) is 10.2. The SMILES string of the molecule is CCC(Cc1ccccc1)NC(=O)CCN.Cl. The fourth-order valence-electron chi connectivity index (χ4n) is 1.63. The predicted molar refractivity (Wildman–Crippen MR) is 73.3 cm³/mol. The first-order valence-electron chi connectivity index (χ1n) is 5.79. The monoisotopic (exact) mass is 256 g/mol. The van der Waals surface area contributed by atoms with E-state index >= 15 is 0 Å². The van der Waals surface area contributed by atoms with Gasteiger partial charge in [-0.15, -0.1) is 12.4 Å². The molecule has 0 bridgehead atoms. The maximum absolute atomic E-state index is 11.4. The summed E-state index contributed by atoms with van der Waals surface area (Å²) in [5.74, 6) is 0.0466. The van der Waals surface area contributed by atoms with Gasteiger partial charge in [0.1, 0.15) is 0 Å². The largest absolute Gasteiger partial charge is 0.353 e. The lowest BCUT2D eigenvalue weighted by Crippen LogP contribution is -2.36. The van der Waals surface area contributed by atoms with Crippen molar-refractivity contribution in [2.45, 2.75) is 32.2 Å². The number of halogens is 1. The molecule has 17 heavy (non-hydrogen) atoms. The molecule has 1 unspecified atom stereocenters. The average molecular weight is 257 g/mol. The third-order valence-electron chi connectivity index (χ3n) is 2.55. The zero-order chi connectivity index (χ0) is 11.8. The molecule has 3 nitrogen and oxygen atoms in total. The summed E-state index contributed by atoms with van der Waals surface area (Å²) < 4.78 is 0. The molecule has 3 N–H and O–H groups in total. The van der Waals surface area contributed by atoms with E-state index in [-0.39, 0.29) is 24.4 Å². The van der Waals surface area contributed by atoms with Crippen molar-refractivity contribution in [1.29, 1.82) is 0 Å². The van der Waals surface area contributed by atoms with E-state index in [0.717, 1.165) is 12.8 Å². The van der Waals surface area contributed by atoms with Crippen molar-refractivity contribution < 1.29 is 4.79 Å². The van der Waals surface area contributed by atoms with E-state index in [1.165, 1.54) is 5.56 Å². The Bertz CT molecular complexity index is 316. The van der Waals surface area contributed by atoms with Gasteiger partial charge in [-0.25, -0.2) is 0 Å². The average Bonchev–Trinajstić information content (AvgIpc) is 2.30. The van der Waals surface area contributed by atoms with Gasteiger partial charge in [0.25, 0.3) is 0 Å². The number of nitrogens with two attached hydrogens (primary N) is 1. The van der Waals surface area contributed by atoms with Crippen molar-refractivity contribution in [3.8, 4) is 0 Å². The second kappa shape index (κ2) is 9.02. The third kappa shape index (κ3) is 6.29. The van der Waals surface area contributed by atoms with Gasteiger partial charge in [-0.1, -0.05) is 37.3 Å². The molecule has 1 amide bonds. The molecule has 1 aromatic rings. The molecule has 0 aromatic heterocycles. The van der Waals surface area contributed by atoms with Gasteiger partial charge in [0.15, 0.2) is 0 Å². The van der Waals surface area contributed by atoms with Gasteiger partial charge in [0.2, 0.25) is 5.91 Å². The summed E-state index contributed by atoms with van der Waals surface area (Å²) in [4.78, 5) is 11.4. The molecule has 0 radical (unpaired) electrons. The molecule has 0 saturated carbocycles. The lowest BCUT2D eigenvalue weighted by Gasteiger charge is -2.16. The van der Waals surface area contributed by atoms with Crippen LogP contribution >= 0.6 is 12.4 Å². The fraction of sp³-hybridized carbons (Fsp3) is 0.462. The highest BCUT2D eigenvalue weighted by Gasteiger charge is 2.10. The van der Waals surface area contributed by atoms with Crippen molar-refractivity contribution in [2.75, 3.05) is 6.54 Å². The Morgan fingerprint density at radius 3 is 2.53 bits per heavy atom. The predicted octanol–water partition coefficient (Wildman–Crippen LogP) is 1.89. The number of hydrogen-bond donors (Lipinski definition) is 2. The molecular formula is C13H21ClN2O. The zero-order valence-corrected chi connectivity index (χ0v) is 11.0. The van der Waals surface area contributed by atoms with Crippen LogP contribution in [0.3, 0.4) is 0 Å². The van der Waals surface area contributed by atoms with Crippen LogP contribution in [0.4, 0.5) is 0 Å². The van der Waals surface area contributed by atoms with Crippen LogP contribution in [0.25, 0.3) is 0 Å². The number of carbonyl (C=O) groups excluding carboxylic acids is 1. The first-order chi connectivity index (χ1) is 7.76. The van der Waals surface area contributed by atoms with Gasteiger partial charge in [-0.3, -0.25) is 4.79 Å². The second-order valence-electron chi connectivity index (χ2n) is 3.90. The second-order valence-corrected chi connectivity index (χ2v) is 3.90. The molecule has 0 saturated heterocycles. The molecule has 4 heteroatoms. The van der Waals surface area contributed by atoms with Crippen LogP contribution in [-0.2, 0) is 11.2 Å². The van der Waals surface area contributed by atoms with E-state index in [2.05, 4.69) is 24.4 Å². The number of hydrogen-bond acceptors (Lipinski definition) is 2. The summed E-state index contributed by atoms with van der Waals surface area (Å²) in [7, 11) is 0. The highest BCUT2D eigenvalue weighted by atomic mass is 35.5. The van der Waals surface area contributed by atoms with Crippen molar-refractivity contribution in [1.82, 2.24) is 5.32 Å². The molecule has 96 valence electrons. The molecule has 1 atom stereocenters. The summed E-state index contributed by atoms with van der Waals surface area (Å²) in [6.07, 6.45) is 2.23. The molecule has 0 aliphatic rings. The summed E-state index contributed by atoms with van der Waals surface area (Å²) in [5.41, 5.74) is 6.59. The summed E-state index contributed by atoms with van der Waals surface area (Å²) >= 11 is 0. The van der Waals surface area contributed by atoms with Crippen LogP contribution in [-0.4, -0.2) is 18.5 Å². The van der Waals surface area contributed by atoms with Crippen LogP contribution < -0.4 is 11.1 Å². The number of rotatable bonds is 6. The first-order valence-corrected chi connectivity index (χ1v) is 5.79. The fourth-order valence-corrected chi connectivity index (χ4v) is 1.63. The van der Waals surface area contributed by atoms with E-state index in [1.807, 2.05) is 18.2 Å². The summed E-state index contributed by atoms with van der Waals surface area (Å²) in [6, 6.07) is 10.4. The lowest BCUT2D eigenvalue weighted by molar-refractivity contribution is -0.121. The van der Waals surface area contributed by atoms with Gasteiger partial charge in [0.05, 0.1) is 0 Å². The molecule has 1 rings (SSSR count). The topological polar surface area (TPSA) is 55.1 Å². The maximum atomic E-state index is 11.4. The van der Waals surface area contributed by atoms with Crippen LogP contribution in [0.5, 0.6) is 0 Å². The molecule has 0 heterocycles. The molecular weight excluding hydrogens is 236 g/mol. The van der Waals surface area contributed by atoms with Crippen LogP contribution in [0.15, 0.2) is 30.3 Å². The number of amides is 1. The van der Waals surface area contributed by atoms with Gasteiger partial charge in [-0.2, -0.15) is 0 Å². The van der Waals surface area contributed by atoms with E-state index in [0.29, 0.717) is 13.0 Å². The van der Waals surface area contributed by atoms with Crippen molar-refractivity contribution >= 4 is 18.3 Å². The molecule has 0 aliphatic carbocycles. The molecule has 0 fully saturated rings. The summed E-state index contributed by atoms with van der Waals surface area (Å²) in [6.45, 7) is 2.49. The minimum absolute atomic E-state index is 0. The third-order valence-corrected chi connectivity index (χ3v) is 2.55. The van der Waals surface area contributed by atoms with E-state index in [9.17, 15) is 4.79 Å². The van der Waals surface area contributed by atoms with Gasteiger partial charge >= 0.3 is 0 Å². The quantitative estimate of drug-likeness (QED) is 0.817. The highest BCUT2D eigenvalue weighted by Crippen LogP contribution is 2.05. The smallest absolute Gasteiger partial charge is 0.221 e. The van der Waals surface area contributed by atoms with Crippen molar-refractivity contribution in [3.63, 3.8) is 0 Å². The number of carbonyl (C=O) groups is 1. The molecule has 1 aromatic carbocycles. The Kier molecular flexibility index (Phi) is 8.46. The highest BCUT2D eigenvalue weighted by molar-refractivity contribution is 5.85. The minimum atomic E-state index is 0. The molecule has 0 spiro atoms. The Hall–Kier alpha value is -1.06. The Morgan fingerprint density at radius 1 is 1.35 bits per heavy atom. The molecule has 0 aliphatic heterocycles. The standard InChI is InChI=1S/C13H20N2O.ClH/c1-2-12(15-13(16)8-9-14)10-11-6-4-3-5-7-11;/h3-7,12H,2,8-10,14H2,1H3,(H,15,16);1H. The van der Waals surface area contributed by atoms with Gasteiger partial charge in [0, 0.05) is 19.0 Å². The van der Waals surface area contributed by atoms with Crippen LogP contribution in [0, 0.1) is 0 Å². The van der Waals surface area contributed by atoms with Crippen LogP contribution in [0.2, 0.25) is 0 Å². The number of nitrogens with one attached hydrogen (secondary N) is 1. The number of benzene rings is 1. The van der Waals surface area contributed by atoms with Gasteiger partial charge < -0.3 is 11.1 Å². The maximum Gasteiger partial charge on any atom is 0.221 e. The Morgan fingerprint density at radius 2 is 2.00 bits per heavy atom. The van der Waals surface area contributed by atoms with Crippen molar-refractivity contribution in [2.24, 2.45) is 5.73 Å². The van der Waals surface area contributed by atoms with E-state index in [4.69, 9.17) is 5.73 Å². The minimum Gasteiger partial charge on any atom is -0.353 e. The summed E-state index contributed by atoms with van der Waals surface area (Å²) in [5, 5.41) is 3.00.